The lowest BCUT2D eigenvalue weighted by molar-refractivity contribution is 0.382. The molecule has 31 heavy (non-hydrogen) atoms. The molecule has 0 bridgehead atoms. The topological polar surface area (TPSA) is 90.8 Å². The van der Waals surface area contributed by atoms with E-state index in [1.54, 1.807) is 24.7 Å². The fourth-order valence-corrected chi connectivity index (χ4v) is 5.77. The molecule has 0 saturated heterocycles. The van der Waals surface area contributed by atoms with E-state index in [9.17, 15) is 8.42 Å². The van der Waals surface area contributed by atoms with E-state index in [-0.39, 0.29) is 11.6 Å². The third-order valence-electron chi connectivity index (χ3n) is 6.49. The van der Waals surface area contributed by atoms with Crippen LogP contribution in [0.3, 0.4) is 0 Å². The largest absolute Gasteiger partial charge is 0.337 e. The van der Waals surface area contributed by atoms with Crippen LogP contribution in [0.4, 0.5) is 0 Å². The second-order valence-electron chi connectivity index (χ2n) is 8.69. The first-order valence-corrected chi connectivity index (χ1v) is 12.3. The summed E-state index contributed by atoms with van der Waals surface area (Å²) in [5, 5.41) is 4.99. The summed E-state index contributed by atoms with van der Waals surface area (Å²) in [4.78, 5) is 8.95. The van der Waals surface area contributed by atoms with Crippen molar-refractivity contribution in [3.05, 3.63) is 35.2 Å². The molecule has 0 spiro atoms. The Kier molecular flexibility index (Phi) is 4.82. The highest BCUT2D eigenvalue weighted by Gasteiger charge is 2.35. The molecule has 2 aliphatic rings. The predicted molar refractivity (Wildman–Crippen MR) is 116 cm³/mol. The minimum atomic E-state index is -3.68. The minimum Gasteiger partial charge on any atom is -0.337 e. The van der Waals surface area contributed by atoms with Crippen LogP contribution in [-0.4, -0.2) is 48.2 Å². The average molecular weight is 444 g/mol. The maximum absolute atomic E-state index is 13.3. The van der Waals surface area contributed by atoms with Crippen molar-refractivity contribution in [1.82, 2.24) is 33.2 Å². The van der Waals surface area contributed by atoms with E-state index < -0.39 is 10.0 Å². The Labute approximate surface area is 182 Å². The summed E-state index contributed by atoms with van der Waals surface area (Å²) in [6.45, 7) is 8.35. The van der Waals surface area contributed by atoms with E-state index in [1.807, 2.05) is 10.9 Å². The van der Waals surface area contributed by atoms with Gasteiger partial charge in [0.2, 0.25) is 0 Å². The Balaban J connectivity index is 1.55. The lowest BCUT2D eigenvalue weighted by Gasteiger charge is -2.26. The van der Waals surface area contributed by atoms with E-state index >= 15 is 0 Å². The number of rotatable bonds is 6. The highest BCUT2D eigenvalue weighted by Crippen LogP contribution is 2.35. The van der Waals surface area contributed by atoms with Gasteiger partial charge in [-0.1, -0.05) is 0 Å². The molecule has 1 aliphatic heterocycles. The highest BCUT2D eigenvalue weighted by molar-refractivity contribution is 7.89. The molecule has 10 heteroatoms. The van der Waals surface area contributed by atoms with Gasteiger partial charge in [0.15, 0.2) is 10.9 Å². The van der Waals surface area contributed by atoms with Gasteiger partial charge in [-0.25, -0.2) is 18.4 Å². The van der Waals surface area contributed by atoms with E-state index in [0.29, 0.717) is 24.7 Å². The van der Waals surface area contributed by atoms with Gasteiger partial charge in [-0.2, -0.15) is 9.40 Å². The van der Waals surface area contributed by atoms with Crippen LogP contribution in [0.2, 0.25) is 0 Å². The number of imidazole rings is 2. The molecule has 1 saturated carbocycles. The minimum absolute atomic E-state index is 0.103. The number of aryl methyl sites for hydroxylation is 4. The number of hydrogen-bond acceptors (Lipinski definition) is 5. The molecule has 0 amide bonds. The Morgan fingerprint density at radius 3 is 2.65 bits per heavy atom. The molecule has 166 valence electrons. The smallest absolute Gasteiger partial charge is 0.262 e. The zero-order valence-electron chi connectivity index (χ0n) is 18.5. The standard InChI is InChI=1S/C21H29N7O2S/c1-5-28-18-8-9-26(31(29,30)19-13-25(4)15(3)23-19)12-17(18)20(24-28)21-22-10-14(2)27(21)11-16-6-7-16/h10,13,16H,5-9,11-12H2,1-4H3. The van der Waals surface area contributed by atoms with E-state index in [4.69, 9.17) is 5.10 Å². The second-order valence-corrected chi connectivity index (χ2v) is 10.6. The van der Waals surface area contributed by atoms with Crippen LogP contribution >= 0.6 is 0 Å². The van der Waals surface area contributed by atoms with Crippen molar-refractivity contribution in [2.24, 2.45) is 13.0 Å². The van der Waals surface area contributed by atoms with Gasteiger partial charge in [-0.15, -0.1) is 0 Å². The SMILES string of the molecule is CCn1nc(-c2ncc(C)n2CC2CC2)c2c1CCN(S(=O)(=O)c1cn(C)c(C)n1)C2. The quantitative estimate of drug-likeness (QED) is 0.583. The molecule has 0 N–H and O–H groups in total. The van der Waals surface area contributed by atoms with Gasteiger partial charge in [0.1, 0.15) is 11.5 Å². The maximum atomic E-state index is 13.3. The van der Waals surface area contributed by atoms with Crippen LogP contribution < -0.4 is 0 Å². The van der Waals surface area contributed by atoms with Gasteiger partial charge < -0.3 is 9.13 Å². The Hall–Kier alpha value is -2.46. The number of aromatic nitrogens is 6. The Morgan fingerprint density at radius 1 is 1.23 bits per heavy atom. The summed E-state index contributed by atoms with van der Waals surface area (Å²) < 4.78 is 34.1. The normalized spacial score (nSPS) is 17.3. The molecule has 0 radical (unpaired) electrons. The molecular weight excluding hydrogens is 414 g/mol. The molecule has 0 unspecified atom stereocenters. The van der Waals surface area contributed by atoms with Crippen LogP contribution in [-0.2, 0) is 43.1 Å². The zero-order valence-corrected chi connectivity index (χ0v) is 19.4. The summed E-state index contributed by atoms with van der Waals surface area (Å²) in [6, 6.07) is 0. The average Bonchev–Trinajstić information content (AvgIpc) is 3.26. The first-order valence-electron chi connectivity index (χ1n) is 10.9. The molecule has 0 atom stereocenters. The molecule has 3 aromatic rings. The van der Waals surface area contributed by atoms with Crippen molar-refractivity contribution in [2.45, 2.75) is 64.7 Å². The van der Waals surface area contributed by atoms with E-state index in [1.165, 1.54) is 17.1 Å². The maximum Gasteiger partial charge on any atom is 0.262 e. The van der Waals surface area contributed by atoms with Gasteiger partial charge in [0.25, 0.3) is 10.0 Å². The summed E-state index contributed by atoms with van der Waals surface area (Å²) in [5.41, 5.74) is 4.00. The van der Waals surface area contributed by atoms with Crippen LogP contribution in [0, 0.1) is 19.8 Å². The number of nitrogens with zero attached hydrogens (tertiary/aromatic N) is 7. The van der Waals surface area contributed by atoms with E-state index in [0.717, 1.165) is 41.6 Å². The first-order chi connectivity index (χ1) is 14.8. The van der Waals surface area contributed by atoms with Crippen LogP contribution in [0.1, 0.15) is 42.5 Å². The molecule has 4 heterocycles. The van der Waals surface area contributed by atoms with Gasteiger partial charge in [-0.05, 0) is 39.5 Å². The summed E-state index contributed by atoms with van der Waals surface area (Å²) in [6.07, 6.45) is 6.62. The van der Waals surface area contributed by atoms with Gasteiger partial charge in [0.05, 0.1) is 0 Å². The van der Waals surface area contributed by atoms with Crippen LogP contribution in [0.5, 0.6) is 0 Å². The third-order valence-corrected chi connectivity index (χ3v) is 8.21. The van der Waals surface area contributed by atoms with Crippen molar-refractivity contribution < 1.29 is 8.42 Å². The van der Waals surface area contributed by atoms with Gasteiger partial charge >= 0.3 is 0 Å². The van der Waals surface area contributed by atoms with Gasteiger partial charge in [-0.3, -0.25) is 4.68 Å². The molecule has 3 aromatic heterocycles. The Morgan fingerprint density at radius 2 is 2.00 bits per heavy atom. The third kappa shape index (κ3) is 3.41. The summed E-state index contributed by atoms with van der Waals surface area (Å²) >= 11 is 0. The number of sulfonamides is 1. The summed E-state index contributed by atoms with van der Waals surface area (Å²) in [7, 11) is -1.87. The van der Waals surface area contributed by atoms with Crippen molar-refractivity contribution in [3.63, 3.8) is 0 Å². The van der Waals surface area contributed by atoms with E-state index in [2.05, 4.69) is 28.4 Å². The monoisotopic (exact) mass is 443 g/mol. The molecule has 5 rings (SSSR count). The van der Waals surface area contributed by atoms with Crippen LogP contribution in [0.15, 0.2) is 17.4 Å². The molecular formula is C21H29N7O2S. The molecule has 1 fully saturated rings. The second kappa shape index (κ2) is 7.30. The number of hydrogen-bond donors (Lipinski definition) is 0. The van der Waals surface area contributed by atoms with Crippen molar-refractivity contribution >= 4 is 10.0 Å². The first kappa shape index (κ1) is 20.4. The highest BCUT2D eigenvalue weighted by atomic mass is 32.2. The van der Waals surface area contributed by atoms with Crippen molar-refractivity contribution in [3.8, 4) is 11.5 Å². The molecule has 0 aromatic carbocycles. The van der Waals surface area contributed by atoms with Gasteiger partial charge in [0, 0.05) is 69.0 Å². The van der Waals surface area contributed by atoms with Crippen molar-refractivity contribution in [1.29, 1.82) is 0 Å². The van der Waals surface area contributed by atoms with Crippen molar-refractivity contribution in [2.75, 3.05) is 6.54 Å². The number of fused-ring (bicyclic) bond motifs is 1. The van der Waals surface area contributed by atoms with Crippen LogP contribution in [0.25, 0.3) is 11.5 Å². The molecule has 1 aliphatic carbocycles. The lowest BCUT2D eigenvalue weighted by atomic mass is 10.1. The zero-order chi connectivity index (χ0) is 21.9. The fourth-order valence-electron chi connectivity index (χ4n) is 4.33. The predicted octanol–water partition coefficient (Wildman–Crippen LogP) is 2.27. The fraction of sp³-hybridized carbons (Fsp3) is 0.571. The summed E-state index contributed by atoms with van der Waals surface area (Å²) in [5.74, 6) is 2.23. The Bertz CT molecular complexity index is 1230. The lowest BCUT2D eigenvalue weighted by Crippen LogP contribution is -2.36. The molecule has 9 nitrogen and oxygen atoms in total.